The second-order valence-electron chi connectivity index (χ2n) is 4.23. The molecular weight excluding hydrogens is 210 g/mol. The molecule has 0 rings (SSSR count). The Morgan fingerprint density at radius 3 is 2.12 bits per heavy atom. The maximum Gasteiger partial charge on any atom is 0.408 e. The first-order valence-corrected chi connectivity index (χ1v) is 4.41. The van der Waals surface area contributed by atoms with Crippen molar-refractivity contribution in [1.82, 2.24) is 5.32 Å². The second-order valence-corrected chi connectivity index (χ2v) is 4.23. The van der Waals surface area contributed by atoms with Gasteiger partial charge in [-0.05, 0) is 26.2 Å². The summed E-state index contributed by atoms with van der Waals surface area (Å²) >= 11 is 0. The summed E-state index contributed by atoms with van der Waals surface area (Å²) in [7, 11) is 0. The van der Waals surface area contributed by atoms with Crippen LogP contribution in [0.5, 0.6) is 0 Å². The average molecular weight is 240 g/mol. The lowest BCUT2D eigenvalue weighted by Crippen LogP contribution is -2.50. The van der Waals surface area contributed by atoms with Crippen LogP contribution in [0.4, 0.5) is 4.79 Å². The molecule has 0 saturated heterocycles. The van der Waals surface area contributed by atoms with E-state index in [0.717, 1.165) is 0 Å². The maximum absolute atomic E-state index is 11.9. The molecule has 0 aliphatic heterocycles. The van der Waals surface area contributed by atoms with E-state index in [1.165, 1.54) is 20.8 Å². The second kappa shape index (κ2) is 4.72. The van der Waals surface area contributed by atoms with E-state index in [1.54, 1.807) is 5.32 Å². The van der Waals surface area contributed by atoms with Crippen molar-refractivity contribution < 1.29 is 31.8 Å². The van der Waals surface area contributed by atoms with Gasteiger partial charge in [-0.1, -0.05) is 20.6 Å². The van der Waals surface area contributed by atoms with Crippen LogP contribution < -0.4 is 5.32 Å². The molecule has 0 radical (unpaired) electrons. The average Bonchev–Trinajstić information content (AvgIpc) is 2.18. The molecule has 0 saturated carbocycles. The number of carboxylic acids is 1. The number of ether oxygens (including phenoxy) is 1. The van der Waals surface area contributed by atoms with E-state index in [2.05, 4.69) is 0 Å². The van der Waals surface area contributed by atoms with Gasteiger partial charge in [0.1, 0.15) is 11.6 Å². The summed E-state index contributed by atoms with van der Waals surface area (Å²) in [5.41, 5.74) is -4.87. The summed E-state index contributed by atoms with van der Waals surface area (Å²) in [5, 5.41) is 10.9. The topological polar surface area (TPSA) is 75.6 Å². The van der Waals surface area contributed by atoms with Gasteiger partial charge in [0.2, 0.25) is 0 Å². The number of carbonyl (C=O) groups is 2. The lowest BCUT2D eigenvalue weighted by Gasteiger charge is -2.29. The molecule has 0 aromatic rings. The first-order chi connectivity index (χ1) is 10.7. The van der Waals surface area contributed by atoms with Gasteiger partial charge < -0.3 is 15.2 Å². The van der Waals surface area contributed by atoms with Gasteiger partial charge in [-0.15, -0.1) is 0 Å². The summed E-state index contributed by atoms with van der Waals surface area (Å²) in [6.45, 7) is -7.06. The number of carboxylic acid groups (broad SMARTS) is 1. The van der Waals surface area contributed by atoms with Crippen molar-refractivity contribution in [3.63, 3.8) is 0 Å². The predicted molar refractivity (Wildman–Crippen MR) is 60.2 cm³/mol. The fourth-order valence-electron chi connectivity index (χ4n) is 0.781. The summed E-state index contributed by atoms with van der Waals surface area (Å²) in [4.78, 5) is 23.4. The molecule has 0 bridgehead atoms. The minimum Gasteiger partial charge on any atom is -0.480 e. The quantitative estimate of drug-likeness (QED) is 0.774. The van der Waals surface area contributed by atoms with Gasteiger partial charge in [0, 0.05) is 12.3 Å². The molecule has 0 spiro atoms. The Balaban J connectivity index is 6.45. The van der Waals surface area contributed by atoms with Crippen LogP contribution >= 0.6 is 0 Å². The SMILES string of the molecule is [2H]C([2H])([2H])C([C@H](NC(=O)OC(C)(C)C)C(=O)O)(C([2H])([2H])[2H])C([2H])([2H])[2H]. The molecule has 0 unspecified atom stereocenters. The Morgan fingerprint density at radius 2 is 1.81 bits per heavy atom. The normalized spacial score (nSPS) is 24.8. The summed E-state index contributed by atoms with van der Waals surface area (Å²) in [6.07, 6.45) is -1.46. The van der Waals surface area contributed by atoms with Crippen molar-refractivity contribution >= 4 is 12.1 Å². The lowest BCUT2D eigenvalue weighted by molar-refractivity contribution is -0.142. The highest BCUT2D eigenvalue weighted by Gasteiger charge is 2.33. The number of hydrogen-bond donors (Lipinski definition) is 2. The van der Waals surface area contributed by atoms with Gasteiger partial charge in [-0.25, -0.2) is 9.59 Å². The number of rotatable bonds is 2. The third-order valence-electron chi connectivity index (χ3n) is 1.34. The third kappa shape index (κ3) is 5.58. The molecule has 1 amide bonds. The van der Waals surface area contributed by atoms with E-state index in [-0.39, 0.29) is 0 Å². The first-order valence-electron chi connectivity index (χ1n) is 8.91. The molecular formula is C11H21NO4. The summed E-state index contributed by atoms with van der Waals surface area (Å²) < 4.78 is 71.9. The molecule has 0 heterocycles. The van der Waals surface area contributed by atoms with E-state index in [0.29, 0.717) is 0 Å². The van der Waals surface area contributed by atoms with E-state index in [4.69, 9.17) is 17.1 Å². The van der Waals surface area contributed by atoms with Gasteiger partial charge in [0.25, 0.3) is 0 Å². The van der Waals surface area contributed by atoms with Gasteiger partial charge in [-0.3, -0.25) is 0 Å². The number of aliphatic carboxylic acids is 1. The van der Waals surface area contributed by atoms with Crippen LogP contribution in [-0.4, -0.2) is 28.8 Å². The monoisotopic (exact) mass is 240 g/mol. The van der Waals surface area contributed by atoms with Crippen molar-refractivity contribution in [2.45, 2.75) is 53.0 Å². The van der Waals surface area contributed by atoms with E-state index in [1.807, 2.05) is 0 Å². The molecule has 0 aliphatic carbocycles. The highest BCUT2D eigenvalue weighted by atomic mass is 16.6. The fraction of sp³-hybridized carbons (Fsp3) is 0.818. The predicted octanol–water partition coefficient (Wildman–Crippen LogP) is 2.01. The summed E-state index contributed by atoms with van der Waals surface area (Å²) in [5.74, 6) is -2.13. The molecule has 0 aromatic carbocycles. The number of nitrogens with one attached hydrogen (secondary N) is 1. The summed E-state index contributed by atoms with van der Waals surface area (Å²) in [6, 6.07) is -2.78. The Morgan fingerprint density at radius 1 is 1.31 bits per heavy atom. The number of hydrogen-bond acceptors (Lipinski definition) is 3. The molecule has 0 fully saturated rings. The Hall–Kier alpha value is -1.26. The Labute approximate surface area is 109 Å². The molecule has 1 atom stereocenters. The lowest BCUT2D eigenvalue weighted by atomic mass is 9.87. The van der Waals surface area contributed by atoms with Crippen molar-refractivity contribution in [1.29, 1.82) is 0 Å². The minimum absolute atomic E-state index is 1.12. The van der Waals surface area contributed by atoms with Gasteiger partial charge in [0.15, 0.2) is 0 Å². The largest absolute Gasteiger partial charge is 0.480 e. The smallest absolute Gasteiger partial charge is 0.408 e. The molecule has 0 aliphatic rings. The van der Waals surface area contributed by atoms with Crippen molar-refractivity contribution in [3.05, 3.63) is 0 Å². The molecule has 5 heteroatoms. The minimum atomic E-state index is -3.78. The van der Waals surface area contributed by atoms with Crippen LogP contribution in [0, 0.1) is 5.41 Å². The van der Waals surface area contributed by atoms with Crippen LogP contribution in [0.15, 0.2) is 0 Å². The first kappa shape index (κ1) is 5.38. The van der Waals surface area contributed by atoms with Gasteiger partial charge in [-0.2, -0.15) is 0 Å². The highest BCUT2D eigenvalue weighted by Crippen LogP contribution is 2.20. The van der Waals surface area contributed by atoms with Crippen LogP contribution in [0.2, 0.25) is 0 Å². The maximum atomic E-state index is 11.9. The molecule has 2 N–H and O–H groups in total. The van der Waals surface area contributed by atoms with Crippen LogP contribution in [-0.2, 0) is 9.53 Å². The molecule has 94 valence electrons. The zero-order valence-corrected chi connectivity index (χ0v) is 9.25. The Bertz CT molecular complexity index is 480. The van der Waals surface area contributed by atoms with Gasteiger partial charge >= 0.3 is 12.1 Å². The fourth-order valence-corrected chi connectivity index (χ4v) is 0.781. The van der Waals surface area contributed by atoms with Crippen molar-refractivity contribution in [3.8, 4) is 0 Å². The Kier molecular flexibility index (Phi) is 1.59. The standard InChI is InChI=1S/C11H21NO4/c1-10(2,3)7(8(13)14)12-9(15)16-11(4,5)6/h7H,1-6H3,(H,12,15)(H,13,14)/t7-/m1/s1/i1D3,2D3,3D3. The molecule has 0 aromatic heterocycles. The molecule has 5 nitrogen and oxygen atoms in total. The van der Waals surface area contributed by atoms with Gasteiger partial charge in [0.05, 0.1) is 0 Å². The number of carbonyl (C=O) groups excluding carboxylic acids is 1. The van der Waals surface area contributed by atoms with E-state index >= 15 is 0 Å². The highest BCUT2D eigenvalue weighted by molar-refractivity contribution is 5.80. The zero-order valence-electron chi connectivity index (χ0n) is 18.2. The zero-order chi connectivity index (χ0) is 20.6. The molecule has 16 heavy (non-hydrogen) atoms. The number of alkyl carbamates (subject to hydrolysis) is 1. The van der Waals surface area contributed by atoms with Crippen LogP contribution in [0.1, 0.15) is 53.7 Å². The van der Waals surface area contributed by atoms with Crippen LogP contribution in [0.25, 0.3) is 0 Å². The van der Waals surface area contributed by atoms with Crippen LogP contribution in [0.3, 0.4) is 0 Å². The number of amides is 1. The van der Waals surface area contributed by atoms with Crippen molar-refractivity contribution in [2.24, 2.45) is 5.41 Å². The third-order valence-corrected chi connectivity index (χ3v) is 1.34. The van der Waals surface area contributed by atoms with E-state index in [9.17, 15) is 14.7 Å². The van der Waals surface area contributed by atoms with Crippen molar-refractivity contribution in [2.75, 3.05) is 0 Å². The van der Waals surface area contributed by atoms with E-state index < -0.39 is 49.7 Å².